The van der Waals surface area contributed by atoms with Crippen molar-refractivity contribution in [1.29, 1.82) is 0 Å². The van der Waals surface area contributed by atoms with Gasteiger partial charge in [0.1, 0.15) is 23.0 Å². The quantitative estimate of drug-likeness (QED) is 0.123. The van der Waals surface area contributed by atoms with Crippen LogP contribution in [0.1, 0.15) is 19.4 Å². The zero-order valence-electron chi connectivity index (χ0n) is 48.7. The number of para-hydroxylation sites is 8. The van der Waals surface area contributed by atoms with Crippen LogP contribution in [0, 0.1) is 13.7 Å². The predicted octanol–water partition coefficient (Wildman–Crippen LogP) is 10.8. The first kappa shape index (κ1) is 39.4. The zero-order chi connectivity index (χ0) is 57.8. The molecular formula is C70H48N6O2Si2. The van der Waals surface area contributed by atoms with Gasteiger partial charge in [0.05, 0.1) is 49.8 Å². The Balaban J connectivity index is 0.953. The molecule has 0 atom stereocenters. The van der Waals surface area contributed by atoms with Gasteiger partial charge in [0.25, 0.3) is 0 Å². The molecule has 0 N–H and O–H groups in total. The maximum Gasteiger partial charge on any atom is 0.220 e. The lowest BCUT2D eigenvalue weighted by molar-refractivity contribution is 0.483. The number of benzene rings is 11. The summed E-state index contributed by atoms with van der Waals surface area (Å²) in [6.07, 6.45) is 0. The molecule has 8 nitrogen and oxygen atoms in total. The fraction of sp³-hybridized carbons (Fsp3) is 0.0286. The van der Waals surface area contributed by atoms with E-state index in [2.05, 4.69) is 208 Å². The van der Waals surface area contributed by atoms with Gasteiger partial charge in [0.15, 0.2) is 16.1 Å². The molecule has 17 rings (SSSR count). The molecule has 0 amide bonds. The molecular weight excluding hydrogens is 1010 g/mol. The summed E-state index contributed by atoms with van der Waals surface area (Å²) in [6.45, 7) is -4.85. The van der Waals surface area contributed by atoms with Crippen LogP contribution in [0.3, 0.4) is 0 Å². The van der Waals surface area contributed by atoms with Gasteiger partial charge >= 0.3 is 0 Å². The molecule has 378 valence electrons. The SMILES string of the molecule is [2H]C([2H])([2H])c1cccc2c1nc1n(-c3ccc4c(c3)n3c5cccc(C([2H])([2H])[2H])c5nc3n4-c3cccc([Si](c4ccccc4)(c4ccccc4)c4cccc5c4Oc4ccccc4[Si]54c5ccccc5Oc5ccccc54)c3)c3ccccc3n21. The Morgan fingerprint density at radius 2 is 0.838 bits per heavy atom. The van der Waals surface area contributed by atoms with Crippen LogP contribution in [0.4, 0.5) is 0 Å². The molecule has 0 unspecified atom stereocenters. The van der Waals surface area contributed by atoms with E-state index in [1.54, 1.807) is 24.3 Å². The maximum absolute atomic E-state index is 8.75. The van der Waals surface area contributed by atoms with Crippen LogP contribution in [0.2, 0.25) is 0 Å². The molecule has 1 spiro atoms. The summed E-state index contributed by atoms with van der Waals surface area (Å²) >= 11 is 0. The molecule has 0 bridgehead atoms. The second kappa shape index (κ2) is 16.8. The van der Waals surface area contributed by atoms with Gasteiger partial charge in [-0.05, 0) is 139 Å². The fourth-order valence-corrected chi connectivity index (χ4v) is 23.9. The van der Waals surface area contributed by atoms with Gasteiger partial charge in [0, 0.05) is 13.9 Å². The van der Waals surface area contributed by atoms with Gasteiger partial charge in [-0.3, -0.25) is 17.9 Å². The standard InChI is InChI=1S/C70H48N6O2Si2/c1-45-21-17-31-55-66(45)71-69-74(52-29-9-10-30-53(52)75(55)69)48-41-42-54-57(44-48)76-56-32-18-22-46(2)67(56)72-70(76)73(54)47-23-19-28-51(43-47)79(49-24-5-3-6-25-49,50-26-7-4-8-27-50)64-39-20-40-65-68(64)78-60-35-13-16-38-63(60)80(65)61-36-14-11-33-58(61)77-59-34-12-15-37-62(59)80/h3-44H,1-2H3/i1D3,2D3. The molecule has 2 aliphatic rings. The lowest BCUT2D eigenvalue weighted by Crippen LogP contribution is -2.80. The van der Waals surface area contributed by atoms with Crippen molar-refractivity contribution in [3.63, 3.8) is 0 Å². The monoisotopic (exact) mass is 1070 g/mol. The zero-order valence-corrected chi connectivity index (χ0v) is 44.7. The molecule has 6 heterocycles. The maximum atomic E-state index is 8.75. The highest BCUT2D eigenvalue weighted by atomic mass is 28.3. The molecule has 0 fully saturated rings. The molecule has 0 saturated carbocycles. The van der Waals surface area contributed by atoms with Crippen LogP contribution in [0.15, 0.2) is 255 Å². The second-order valence-corrected chi connectivity index (χ2v) is 28.3. The van der Waals surface area contributed by atoms with Crippen LogP contribution in [-0.2, 0) is 0 Å². The van der Waals surface area contributed by atoms with Crippen molar-refractivity contribution in [2.24, 2.45) is 0 Å². The number of aryl methyl sites for hydroxylation is 2. The molecule has 0 saturated heterocycles. The van der Waals surface area contributed by atoms with Crippen molar-refractivity contribution in [2.75, 3.05) is 0 Å². The van der Waals surface area contributed by atoms with Gasteiger partial charge in [-0.2, -0.15) is 0 Å². The van der Waals surface area contributed by atoms with E-state index in [-0.39, 0.29) is 11.1 Å². The van der Waals surface area contributed by atoms with E-state index < -0.39 is 29.9 Å². The van der Waals surface area contributed by atoms with Gasteiger partial charge in [-0.1, -0.05) is 182 Å². The molecule has 2 aliphatic heterocycles. The summed E-state index contributed by atoms with van der Waals surface area (Å²) in [5.41, 5.74) is 7.38. The predicted molar refractivity (Wildman–Crippen MR) is 329 cm³/mol. The van der Waals surface area contributed by atoms with Crippen molar-refractivity contribution in [3.05, 3.63) is 266 Å². The van der Waals surface area contributed by atoms with Gasteiger partial charge < -0.3 is 9.47 Å². The summed E-state index contributed by atoms with van der Waals surface area (Å²) in [5.74, 6) is 4.45. The Morgan fingerprint density at radius 3 is 1.45 bits per heavy atom. The summed E-state index contributed by atoms with van der Waals surface area (Å²) in [4.78, 5) is 10.5. The lowest BCUT2D eigenvalue weighted by Gasteiger charge is -2.45. The Hall–Kier alpha value is -10.0. The Labute approximate surface area is 470 Å². The van der Waals surface area contributed by atoms with Crippen molar-refractivity contribution >= 4 is 113 Å². The van der Waals surface area contributed by atoms with Crippen LogP contribution >= 0.6 is 0 Å². The number of fused-ring (bicyclic) bond motifs is 18. The molecule has 4 aromatic heterocycles. The minimum Gasteiger partial charge on any atom is -0.458 e. The van der Waals surface area contributed by atoms with E-state index in [9.17, 15) is 0 Å². The second-order valence-electron chi connectivity index (χ2n) is 20.8. The minimum absolute atomic E-state index is 0.154. The van der Waals surface area contributed by atoms with Crippen LogP contribution in [0.5, 0.6) is 23.0 Å². The topological polar surface area (TPSA) is 62.9 Å². The summed E-state index contributed by atoms with van der Waals surface area (Å²) in [5, 5.41) is 9.14. The highest BCUT2D eigenvalue weighted by molar-refractivity contribution is 7.23. The van der Waals surface area contributed by atoms with Crippen molar-refractivity contribution < 1.29 is 17.7 Å². The summed E-state index contributed by atoms with van der Waals surface area (Å²) in [7, 11) is -6.74. The average Bonchev–Trinajstić information content (AvgIpc) is 0.851. The number of aromatic nitrogens is 6. The largest absolute Gasteiger partial charge is 0.458 e. The third-order valence-electron chi connectivity index (χ3n) is 16.9. The average molecular weight is 1070 g/mol. The van der Waals surface area contributed by atoms with Crippen LogP contribution in [0.25, 0.3) is 67.1 Å². The minimum atomic E-state index is -3.53. The van der Waals surface area contributed by atoms with Crippen molar-refractivity contribution in [1.82, 2.24) is 27.9 Å². The number of nitrogens with zero attached hydrogens (tertiary/aromatic N) is 6. The van der Waals surface area contributed by atoms with Crippen LogP contribution in [-0.4, -0.2) is 44.1 Å². The highest BCUT2D eigenvalue weighted by Gasteiger charge is 2.55. The molecule has 11 aromatic carbocycles. The molecule has 15 aromatic rings. The number of hydrogen-bond donors (Lipinski definition) is 0. The van der Waals surface area contributed by atoms with Gasteiger partial charge in [-0.25, -0.2) is 9.97 Å². The smallest absolute Gasteiger partial charge is 0.220 e. The highest BCUT2D eigenvalue weighted by Crippen LogP contribution is 2.38. The molecule has 0 aliphatic carbocycles. The third-order valence-corrected chi connectivity index (χ3v) is 26.5. The molecule has 10 heteroatoms. The van der Waals surface area contributed by atoms with Crippen LogP contribution < -0.4 is 51.0 Å². The van der Waals surface area contributed by atoms with Gasteiger partial charge in [-0.15, -0.1) is 0 Å². The molecule has 80 heavy (non-hydrogen) atoms. The normalized spacial score (nSPS) is 14.8. The Morgan fingerprint density at radius 1 is 0.375 bits per heavy atom. The fourth-order valence-electron chi connectivity index (χ4n) is 13.7. The lowest BCUT2D eigenvalue weighted by atomic mass is 10.2. The van der Waals surface area contributed by atoms with Crippen molar-refractivity contribution in [2.45, 2.75) is 13.7 Å². The van der Waals surface area contributed by atoms with E-state index >= 15 is 0 Å². The third kappa shape index (κ3) is 5.92. The van der Waals surface area contributed by atoms with Gasteiger partial charge in [0.2, 0.25) is 11.6 Å². The first-order valence-corrected chi connectivity index (χ1v) is 30.8. The number of hydrogen-bond acceptors (Lipinski definition) is 4. The Kier molecular flexibility index (Phi) is 8.24. The number of rotatable bonds is 6. The van der Waals surface area contributed by atoms with E-state index in [4.69, 9.17) is 27.7 Å². The first-order valence-electron chi connectivity index (χ1n) is 29.8. The van der Waals surface area contributed by atoms with E-state index in [1.165, 1.54) is 0 Å². The molecule has 0 radical (unpaired) electrons. The first-order chi connectivity index (χ1) is 41.9. The summed E-state index contributed by atoms with van der Waals surface area (Å²) < 4.78 is 74.3. The number of imidazole rings is 4. The van der Waals surface area contributed by atoms with E-state index in [0.29, 0.717) is 33.6 Å². The van der Waals surface area contributed by atoms with E-state index in [0.717, 1.165) is 97.9 Å². The van der Waals surface area contributed by atoms with E-state index in [1.807, 2.05) is 40.8 Å². The Bertz CT molecular complexity index is 5220. The number of ether oxygens (including phenoxy) is 2. The summed E-state index contributed by atoms with van der Waals surface area (Å²) in [6, 6.07) is 88.0. The van der Waals surface area contributed by atoms with Crippen molar-refractivity contribution in [3.8, 4) is 34.4 Å².